The van der Waals surface area contributed by atoms with Crippen LogP contribution >= 0.6 is 15.9 Å². The Bertz CT molecular complexity index is 516. The lowest BCUT2D eigenvalue weighted by Gasteiger charge is -2.14. The molecule has 1 unspecified atom stereocenters. The van der Waals surface area contributed by atoms with Crippen molar-refractivity contribution in [2.45, 2.75) is 19.4 Å². The zero-order chi connectivity index (χ0) is 13.3. The molecule has 1 aromatic carbocycles. The van der Waals surface area contributed by atoms with E-state index in [-0.39, 0.29) is 11.9 Å². The van der Waals surface area contributed by atoms with Gasteiger partial charge < -0.3 is 15.4 Å². The van der Waals surface area contributed by atoms with Crippen LogP contribution in [0.15, 0.2) is 16.6 Å². The Hall–Kier alpha value is -1.56. The number of hydrogen-bond donors (Lipinski definition) is 2. The summed E-state index contributed by atoms with van der Waals surface area (Å²) >= 11 is 3.39. The molecule has 0 bridgehead atoms. The molecule has 2 N–H and O–H groups in total. The number of carbonyl (C=O) groups excluding carboxylic acids is 2. The summed E-state index contributed by atoms with van der Waals surface area (Å²) in [5.74, 6) is -0.521. The Balaban J connectivity index is 2.49. The monoisotopic (exact) mass is 312 g/mol. The van der Waals surface area contributed by atoms with Crippen molar-refractivity contribution in [2.24, 2.45) is 0 Å². The number of fused-ring (bicyclic) bond motifs is 1. The highest BCUT2D eigenvalue weighted by molar-refractivity contribution is 9.10. The van der Waals surface area contributed by atoms with E-state index < -0.39 is 5.97 Å². The Morgan fingerprint density at radius 3 is 2.89 bits per heavy atom. The molecule has 0 aromatic heterocycles. The highest BCUT2D eigenvalue weighted by Crippen LogP contribution is 2.35. The second-order valence-electron chi connectivity index (χ2n) is 4.17. The number of nitrogens with one attached hydrogen (secondary N) is 2. The number of carbonyl (C=O) groups is 2. The summed E-state index contributed by atoms with van der Waals surface area (Å²) in [5.41, 5.74) is 1.75. The van der Waals surface area contributed by atoms with Gasteiger partial charge >= 0.3 is 5.97 Å². The summed E-state index contributed by atoms with van der Waals surface area (Å²) in [6.07, 6.45) is 0.384. The minimum absolute atomic E-state index is 0.0338. The molecule has 0 radical (unpaired) electrons. The maximum Gasteiger partial charge on any atom is 0.337 e. The molecule has 1 aromatic rings. The van der Waals surface area contributed by atoms with Crippen LogP contribution in [-0.4, -0.2) is 25.0 Å². The van der Waals surface area contributed by atoms with Crippen molar-refractivity contribution in [1.29, 1.82) is 0 Å². The van der Waals surface area contributed by atoms with Gasteiger partial charge in [0.1, 0.15) is 0 Å². The number of ether oxygens (including phenoxy) is 1. The van der Waals surface area contributed by atoms with Crippen LogP contribution in [0.1, 0.15) is 23.7 Å². The lowest BCUT2D eigenvalue weighted by atomic mass is 10.1. The number of esters is 1. The predicted molar refractivity (Wildman–Crippen MR) is 71.8 cm³/mol. The summed E-state index contributed by atoms with van der Waals surface area (Å²) in [6.45, 7) is 1.93. The molecule has 1 heterocycles. The number of halogens is 1. The fourth-order valence-electron chi connectivity index (χ4n) is 1.86. The van der Waals surface area contributed by atoms with Gasteiger partial charge in [-0.15, -0.1) is 0 Å². The van der Waals surface area contributed by atoms with Crippen LogP contribution in [-0.2, 0) is 9.53 Å². The molecular formula is C12H13BrN2O3. The van der Waals surface area contributed by atoms with Crippen molar-refractivity contribution in [3.63, 3.8) is 0 Å². The number of benzene rings is 1. The second-order valence-corrected chi connectivity index (χ2v) is 5.02. The molecule has 1 atom stereocenters. The minimum Gasteiger partial charge on any atom is -0.465 e. The maximum atomic E-state index is 11.6. The zero-order valence-electron chi connectivity index (χ0n) is 10.0. The molecule has 0 fully saturated rings. The lowest BCUT2D eigenvalue weighted by Crippen LogP contribution is -2.18. The summed E-state index contributed by atoms with van der Waals surface area (Å²) in [6, 6.07) is 3.31. The average molecular weight is 313 g/mol. The number of methoxy groups -OCH3 is 1. The molecule has 18 heavy (non-hydrogen) atoms. The Morgan fingerprint density at radius 1 is 1.50 bits per heavy atom. The summed E-state index contributed by atoms with van der Waals surface area (Å²) in [4.78, 5) is 23.1. The summed E-state index contributed by atoms with van der Waals surface area (Å²) in [5, 5.41) is 6.00. The third-order valence-electron chi connectivity index (χ3n) is 2.67. The molecule has 96 valence electrons. The largest absolute Gasteiger partial charge is 0.465 e. The number of hydrogen-bond acceptors (Lipinski definition) is 4. The molecule has 1 aliphatic heterocycles. The Morgan fingerprint density at radius 2 is 2.22 bits per heavy atom. The van der Waals surface area contributed by atoms with E-state index in [2.05, 4.69) is 31.3 Å². The quantitative estimate of drug-likeness (QED) is 0.781. The van der Waals surface area contributed by atoms with Gasteiger partial charge in [0.25, 0.3) is 0 Å². The van der Waals surface area contributed by atoms with Crippen LogP contribution < -0.4 is 10.6 Å². The van der Waals surface area contributed by atoms with E-state index in [1.807, 2.05) is 6.92 Å². The average Bonchev–Trinajstić information content (AvgIpc) is 2.45. The van der Waals surface area contributed by atoms with E-state index in [0.717, 1.165) is 10.2 Å². The van der Waals surface area contributed by atoms with Crippen LogP contribution in [0.4, 0.5) is 11.4 Å². The third-order valence-corrected chi connectivity index (χ3v) is 3.29. The van der Waals surface area contributed by atoms with Crippen molar-refractivity contribution in [3.05, 3.63) is 22.2 Å². The summed E-state index contributed by atoms with van der Waals surface area (Å²) < 4.78 is 5.39. The van der Waals surface area contributed by atoms with Gasteiger partial charge in [-0.3, -0.25) is 4.79 Å². The van der Waals surface area contributed by atoms with Gasteiger partial charge in [-0.2, -0.15) is 0 Å². The van der Waals surface area contributed by atoms with Crippen LogP contribution in [0.25, 0.3) is 0 Å². The first kappa shape index (κ1) is 12.9. The summed E-state index contributed by atoms with van der Waals surface area (Å²) in [7, 11) is 1.32. The highest BCUT2D eigenvalue weighted by Gasteiger charge is 2.21. The normalized spacial score (nSPS) is 18.2. The van der Waals surface area contributed by atoms with Gasteiger partial charge in [-0.1, -0.05) is 0 Å². The number of amides is 1. The molecule has 0 saturated heterocycles. The van der Waals surface area contributed by atoms with Gasteiger partial charge in [0.2, 0.25) is 5.91 Å². The Kier molecular flexibility index (Phi) is 3.56. The molecule has 2 rings (SSSR count). The minimum atomic E-state index is -0.440. The first-order valence-electron chi connectivity index (χ1n) is 5.49. The van der Waals surface area contributed by atoms with Crippen molar-refractivity contribution in [3.8, 4) is 0 Å². The standard InChI is InChI=1S/C12H13BrN2O3/c1-6-3-10(16)15-9-5-7(12(17)18-2)4-8(13)11(9)14-6/h4-6,14H,3H2,1-2H3,(H,15,16). The smallest absolute Gasteiger partial charge is 0.337 e. The third kappa shape index (κ3) is 2.48. The molecule has 1 amide bonds. The lowest BCUT2D eigenvalue weighted by molar-refractivity contribution is -0.116. The van der Waals surface area contributed by atoms with E-state index in [0.29, 0.717) is 17.7 Å². The van der Waals surface area contributed by atoms with Gasteiger partial charge in [0.15, 0.2) is 0 Å². The fraction of sp³-hybridized carbons (Fsp3) is 0.333. The second kappa shape index (κ2) is 4.97. The van der Waals surface area contributed by atoms with Crippen LogP contribution in [0, 0.1) is 0 Å². The number of rotatable bonds is 1. The predicted octanol–water partition coefficient (Wildman–Crippen LogP) is 2.38. The van der Waals surface area contributed by atoms with Crippen molar-refractivity contribution >= 4 is 39.2 Å². The van der Waals surface area contributed by atoms with Gasteiger partial charge in [0, 0.05) is 16.9 Å². The Labute approximate surface area is 113 Å². The van der Waals surface area contributed by atoms with Gasteiger partial charge in [-0.05, 0) is 35.0 Å². The topological polar surface area (TPSA) is 67.4 Å². The first-order valence-corrected chi connectivity index (χ1v) is 6.29. The van der Waals surface area contributed by atoms with Crippen LogP contribution in [0.3, 0.4) is 0 Å². The molecule has 6 heteroatoms. The number of anilines is 2. The molecule has 0 aliphatic carbocycles. The highest BCUT2D eigenvalue weighted by atomic mass is 79.9. The van der Waals surface area contributed by atoms with E-state index in [4.69, 9.17) is 0 Å². The van der Waals surface area contributed by atoms with E-state index in [9.17, 15) is 9.59 Å². The van der Waals surface area contributed by atoms with Crippen molar-refractivity contribution in [1.82, 2.24) is 0 Å². The van der Waals surface area contributed by atoms with E-state index in [1.54, 1.807) is 12.1 Å². The molecule has 1 aliphatic rings. The van der Waals surface area contributed by atoms with E-state index in [1.165, 1.54) is 7.11 Å². The van der Waals surface area contributed by atoms with Crippen LogP contribution in [0.2, 0.25) is 0 Å². The van der Waals surface area contributed by atoms with Crippen LogP contribution in [0.5, 0.6) is 0 Å². The van der Waals surface area contributed by atoms with Crippen molar-refractivity contribution in [2.75, 3.05) is 17.7 Å². The molecule has 0 spiro atoms. The SMILES string of the molecule is COC(=O)c1cc(Br)c2c(c1)NC(=O)CC(C)N2. The zero-order valence-corrected chi connectivity index (χ0v) is 11.6. The van der Waals surface area contributed by atoms with Crippen molar-refractivity contribution < 1.29 is 14.3 Å². The molecular weight excluding hydrogens is 300 g/mol. The van der Waals surface area contributed by atoms with Gasteiger partial charge in [0.05, 0.1) is 24.0 Å². The van der Waals surface area contributed by atoms with E-state index >= 15 is 0 Å². The molecule has 5 nitrogen and oxygen atoms in total. The first-order chi connectivity index (χ1) is 8.51. The maximum absolute atomic E-state index is 11.6. The molecule has 0 saturated carbocycles. The fourth-order valence-corrected chi connectivity index (χ4v) is 2.44. The van der Waals surface area contributed by atoms with Gasteiger partial charge in [-0.25, -0.2) is 4.79 Å².